The van der Waals surface area contributed by atoms with Crippen LogP contribution in [0.5, 0.6) is 0 Å². The number of nitrogens with zero attached hydrogens (tertiary/aromatic N) is 3. The van der Waals surface area contributed by atoms with Crippen molar-refractivity contribution in [2.24, 2.45) is 5.92 Å². The minimum absolute atomic E-state index is 0.00563. The third kappa shape index (κ3) is 5.02. The van der Waals surface area contributed by atoms with Crippen LogP contribution < -0.4 is 5.32 Å². The molecule has 2 rings (SSSR count). The van der Waals surface area contributed by atoms with Gasteiger partial charge in [0.05, 0.1) is 6.42 Å². The molecule has 144 valence electrons. The van der Waals surface area contributed by atoms with Crippen LogP contribution in [0, 0.1) is 19.8 Å². The lowest BCUT2D eigenvalue weighted by Gasteiger charge is -2.33. The standard InChI is InChI=1S/C20H32N4O2/c1-12(2)20(26)24-9-7-8-16(11-24)19-22-14(5)17(15(6)23-19)10-18(25)21-13(3)4/h12-13,16H,7-11H2,1-6H3,(H,21,25). The van der Waals surface area contributed by atoms with Gasteiger partial charge in [-0.3, -0.25) is 9.59 Å². The van der Waals surface area contributed by atoms with Crippen molar-refractivity contribution in [3.8, 4) is 0 Å². The summed E-state index contributed by atoms with van der Waals surface area (Å²) < 4.78 is 0. The van der Waals surface area contributed by atoms with Crippen LogP contribution in [-0.4, -0.2) is 45.8 Å². The number of nitrogens with one attached hydrogen (secondary N) is 1. The van der Waals surface area contributed by atoms with Crippen LogP contribution in [0.3, 0.4) is 0 Å². The Kier molecular flexibility index (Phi) is 6.73. The number of piperidine rings is 1. The molecule has 1 aromatic rings. The molecule has 2 heterocycles. The molecule has 1 unspecified atom stereocenters. The van der Waals surface area contributed by atoms with Gasteiger partial charge in [0.2, 0.25) is 11.8 Å². The molecule has 1 atom stereocenters. The zero-order valence-corrected chi connectivity index (χ0v) is 16.9. The minimum atomic E-state index is -0.00563. The fraction of sp³-hybridized carbons (Fsp3) is 0.700. The van der Waals surface area contributed by atoms with Crippen molar-refractivity contribution < 1.29 is 9.59 Å². The van der Waals surface area contributed by atoms with Crippen LogP contribution in [-0.2, 0) is 16.0 Å². The van der Waals surface area contributed by atoms with E-state index < -0.39 is 0 Å². The Morgan fingerprint density at radius 2 is 1.77 bits per heavy atom. The molecular formula is C20H32N4O2. The molecular weight excluding hydrogens is 328 g/mol. The highest BCUT2D eigenvalue weighted by atomic mass is 16.2. The summed E-state index contributed by atoms with van der Waals surface area (Å²) in [7, 11) is 0. The van der Waals surface area contributed by atoms with E-state index in [4.69, 9.17) is 9.97 Å². The predicted molar refractivity (Wildman–Crippen MR) is 102 cm³/mol. The first-order chi connectivity index (χ1) is 12.2. The lowest BCUT2D eigenvalue weighted by atomic mass is 9.95. The van der Waals surface area contributed by atoms with Gasteiger partial charge in [-0.1, -0.05) is 13.8 Å². The summed E-state index contributed by atoms with van der Waals surface area (Å²) in [5, 5.41) is 2.91. The van der Waals surface area contributed by atoms with E-state index in [1.54, 1.807) is 0 Å². The van der Waals surface area contributed by atoms with E-state index >= 15 is 0 Å². The number of hydrogen-bond acceptors (Lipinski definition) is 4. The Balaban J connectivity index is 2.16. The number of aromatic nitrogens is 2. The van der Waals surface area contributed by atoms with Crippen molar-refractivity contribution in [1.29, 1.82) is 0 Å². The number of rotatable bonds is 5. The van der Waals surface area contributed by atoms with Crippen LogP contribution in [0.2, 0.25) is 0 Å². The zero-order valence-electron chi connectivity index (χ0n) is 16.9. The maximum absolute atomic E-state index is 12.3. The Labute approximate surface area is 156 Å². The van der Waals surface area contributed by atoms with Crippen LogP contribution in [0.4, 0.5) is 0 Å². The Morgan fingerprint density at radius 1 is 1.15 bits per heavy atom. The summed E-state index contributed by atoms with van der Waals surface area (Å²) in [6.45, 7) is 13.2. The molecule has 6 heteroatoms. The highest BCUT2D eigenvalue weighted by molar-refractivity contribution is 5.79. The van der Waals surface area contributed by atoms with Gasteiger partial charge < -0.3 is 10.2 Å². The van der Waals surface area contributed by atoms with Crippen molar-refractivity contribution in [1.82, 2.24) is 20.2 Å². The van der Waals surface area contributed by atoms with E-state index in [-0.39, 0.29) is 29.7 Å². The van der Waals surface area contributed by atoms with E-state index in [1.807, 2.05) is 46.4 Å². The number of hydrogen-bond donors (Lipinski definition) is 1. The highest BCUT2D eigenvalue weighted by Crippen LogP contribution is 2.26. The average Bonchev–Trinajstić information content (AvgIpc) is 2.56. The lowest BCUT2D eigenvalue weighted by molar-refractivity contribution is -0.135. The van der Waals surface area contributed by atoms with Gasteiger partial charge in [-0.15, -0.1) is 0 Å². The van der Waals surface area contributed by atoms with Crippen molar-refractivity contribution in [3.05, 3.63) is 22.8 Å². The Hall–Kier alpha value is -1.98. The largest absolute Gasteiger partial charge is 0.354 e. The van der Waals surface area contributed by atoms with Crippen molar-refractivity contribution in [3.63, 3.8) is 0 Å². The fourth-order valence-electron chi connectivity index (χ4n) is 3.49. The van der Waals surface area contributed by atoms with Crippen molar-refractivity contribution >= 4 is 11.8 Å². The Morgan fingerprint density at radius 3 is 2.31 bits per heavy atom. The van der Waals surface area contributed by atoms with Gasteiger partial charge in [0, 0.05) is 47.9 Å². The molecule has 0 spiro atoms. The van der Waals surface area contributed by atoms with E-state index in [9.17, 15) is 9.59 Å². The fourth-order valence-corrected chi connectivity index (χ4v) is 3.49. The summed E-state index contributed by atoms with van der Waals surface area (Å²) in [5.41, 5.74) is 2.62. The molecule has 0 bridgehead atoms. The van der Waals surface area contributed by atoms with Gasteiger partial charge in [-0.2, -0.15) is 0 Å². The summed E-state index contributed by atoms with van der Waals surface area (Å²) in [6.07, 6.45) is 2.27. The summed E-state index contributed by atoms with van der Waals surface area (Å²) in [6, 6.07) is 0.120. The molecule has 0 saturated carbocycles. The first-order valence-corrected chi connectivity index (χ1v) is 9.61. The number of carbonyl (C=O) groups excluding carboxylic acids is 2. The van der Waals surface area contributed by atoms with Crippen molar-refractivity contribution in [2.75, 3.05) is 13.1 Å². The number of aryl methyl sites for hydroxylation is 2. The van der Waals surface area contributed by atoms with Crippen LogP contribution in [0.25, 0.3) is 0 Å². The maximum Gasteiger partial charge on any atom is 0.225 e. The van der Waals surface area contributed by atoms with Gasteiger partial charge in [0.1, 0.15) is 5.82 Å². The minimum Gasteiger partial charge on any atom is -0.354 e. The molecule has 1 aromatic heterocycles. The molecule has 1 N–H and O–H groups in total. The first-order valence-electron chi connectivity index (χ1n) is 9.61. The summed E-state index contributed by atoms with van der Waals surface area (Å²) in [4.78, 5) is 35.7. The summed E-state index contributed by atoms with van der Waals surface area (Å²) >= 11 is 0. The van der Waals surface area contributed by atoms with Crippen LogP contribution in [0.15, 0.2) is 0 Å². The third-order valence-electron chi connectivity index (χ3n) is 4.82. The second-order valence-electron chi connectivity index (χ2n) is 7.91. The topological polar surface area (TPSA) is 75.2 Å². The molecule has 0 radical (unpaired) electrons. The molecule has 1 fully saturated rings. The van der Waals surface area contributed by atoms with E-state index in [2.05, 4.69) is 5.32 Å². The SMILES string of the molecule is Cc1nc(C2CCCN(C(=O)C(C)C)C2)nc(C)c1CC(=O)NC(C)C. The predicted octanol–water partition coefficient (Wildman–Crippen LogP) is 2.52. The normalized spacial score (nSPS) is 17.7. The van der Waals surface area contributed by atoms with Crippen LogP contribution in [0.1, 0.15) is 69.2 Å². The second kappa shape index (κ2) is 8.60. The third-order valence-corrected chi connectivity index (χ3v) is 4.82. The molecule has 0 aliphatic carbocycles. The molecule has 2 amide bonds. The quantitative estimate of drug-likeness (QED) is 0.875. The molecule has 6 nitrogen and oxygen atoms in total. The molecule has 26 heavy (non-hydrogen) atoms. The van der Waals surface area contributed by atoms with E-state index in [0.29, 0.717) is 13.0 Å². The maximum atomic E-state index is 12.3. The number of carbonyl (C=O) groups is 2. The summed E-state index contributed by atoms with van der Waals surface area (Å²) in [5.74, 6) is 1.18. The zero-order chi connectivity index (χ0) is 19.4. The van der Waals surface area contributed by atoms with Gasteiger partial charge >= 0.3 is 0 Å². The van der Waals surface area contributed by atoms with E-state index in [0.717, 1.165) is 42.2 Å². The van der Waals surface area contributed by atoms with Crippen LogP contribution >= 0.6 is 0 Å². The van der Waals surface area contributed by atoms with Crippen molar-refractivity contribution in [2.45, 2.75) is 72.8 Å². The molecule has 1 aliphatic heterocycles. The number of amides is 2. The smallest absolute Gasteiger partial charge is 0.225 e. The first kappa shape index (κ1) is 20.3. The van der Waals surface area contributed by atoms with Gasteiger partial charge in [0.25, 0.3) is 0 Å². The highest BCUT2D eigenvalue weighted by Gasteiger charge is 2.28. The van der Waals surface area contributed by atoms with E-state index in [1.165, 1.54) is 0 Å². The molecule has 0 aromatic carbocycles. The number of likely N-dealkylation sites (tertiary alicyclic amines) is 1. The monoisotopic (exact) mass is 360 g/mol. The molecule has 1 saturated heterocycles. The van der Waals surface area contributed by atoms with Gasteiger partial charge in [0.15, 0.2) is 0 Å². The second-order valence-corrected chi connectivity index (χ2v) is 7.91. The molecule has 1 aliphatic rings. The lowest BCUT2D eigenvalue weighted by Crippen LogP contribution is -2.41. The Bertz CT molecular complexity index is 647. The van der Waals surface area contributed by atoms with Gasteiger partial charge in [-0.05, 0) is 40.5 Å². The average molecular weight is 361 g/mol. The van der Waals surface area contributed by atoms with Gasteiger partial charge in [-0.25, -0.2) is 9.97 Å².